The number of rotatable bonds is 12. The number of aromatic amines is 1. The molecule has 10 heteroatoms. The third kappa shape index (κ3) is 6.45. The van der Waals surface area contributed by atoms with Gasteiger partial charge in [0.25, 0.3) is 10.0 Å². The first kappa shape index (κ1) is 24.5. The number of unbranched alkanes of at least 4 members (excludes halogenated alkanes) is 4. The number of anilines is 1. The van der Waals surface area contributed by atoms with Crippen molar-refractivity contribution < 1.29 is 18.4 Å². The minimum atomic E-state index is -3.74. The maximum Gasteiger partial charge on any atom is 0.264 e. The molecule has 0 fully saturated rings. The van der Waals surface area contributed by atoms with E-state index in [-0.39, 0.29) is 17.2 Å². The number of amides is 1. The van der Waals surface area contributed by atoms with Gasteiger partial charge in [-0.05, 0) is 55.7 Å². The number of hydrogen-bond donors (Lipinski definition) is 4. The number of benzene rings is 1. The Morgan fingerprint density at radius 3 is 2.58 bits per heavy atom. The summed E-state index contributed by atoms with van der Waals surface area (Å²) in [5.41, 5.74) is 5.01. The van der Waals surface area contributed by atoms with Crippen molar-refractivity contribution >= 4 is 27.7 Å². The lowest BCUT2D eigenvalue weighted by atomic mass is 10.1. The molecular weight excluding hydrogens is 442 g/mol. The van der Waals surface area contributed by atoms with Crippen LogP contribution in [0, 0.1) is 0 Å². The van der Waals surface area contributed by atoms with Gasteiger partial charge in [-0.2, -0.15) is 5.10 Å². The average Bonchev–Trinajstić information content (AvgIpc) is 3.19. The SMILES string of the molecule is CNc1ccc(S(=O)(=O)N(CCCCCCCC(=O)NO)C2=CCc3cn[nH]c3C=C2)cc1. The highest BCUT2D eigenvalue weighted by Gasteiger charge is 2.26. The molecule has 178 valence electrons. The van der Waals surface area contributed by atoms with Crippen LogP contribution in [-0.2, 0) is 21.2 Å². The van der Waals surface area contributed by atoms with Crippen LogP contribution in [0.4, 0.5) is 5.69 Å². The zero-order valence-corrected chi connectivity index (χ0v) is 19.6. The van der Waals surface area contributed by atoms with Gasteiger partial charge in [-0.1, -0.05) is 25.3 Å². The van der Waals surface area contributed by atoms with Gasteiger partial charge in [0.1, 0.15) is 0 Å². The van der Waals surface area contributed by atoms with Crippen LogP contribution in [0.1, 0.15) is 49.8 Å². The quantitative estimate of drug-likeness (QED) is 0.212. The van der Waals surface area contributed by atoms with Crippen molar-refractivity contribution in [1.82, 2.24) is 20.0 Å². The molecule has 9 nitrogen and oxygen atoms in total. The molecule has 2 aromatic rings. The molecule has 33 heavy (non-hydrogen) atoms. The van der Waals surface area contributed by atoms with Gasteiger partial charge in [0.15, 0.2) is 0 Å². The Hall–Kier alpha value is -3.11. The summed E-state index contributed by atoms with van der Waals surface area (Å²) < 4.78 is 28.6. The lowest BCUT2D eigenvalue weighted by Crippen LogP contribution is -2.31. The smallest absolute Gasteiger partial charge is 0.264 e. The van der Waals surface area contributed by atoms with Crippen molar-refractivity contribution in [3.63, 3.8) is 0 Å². The number of nitrogens with zero attached hydrogens (tertiary/aromatic N) is 2. The number of hydrogen-bond acceptors (Lipinski definition) is 6. The summed E-state index contributed by atoms with van der Waals surface area (Å²) >= 11 is 0. The van der Waals surface area contributed by atoms with Crippen LogP contribution >= 0.6 is 0 Å². The van der Waals surface area contributed by atoms with Crippen molar-refractivity contribution in [3.8, 4) is 0 Å². The predicted molar refractivity (Wildman–Crippen MR) is 127 cm³/mol. The molecule has 4 N–H and O–H groups in total. The number of aromatic nitrogens is 2. The first-order valence-electron chi connectivity index (χ1n) is 11.1. The maximum absolute atomic E-state index is 13.6. The number of fused-ring (bicyclic) bond motifs is 1. The van der Waals surface area contributed by atoms with Crippen LogP contribution in [0.15, 0.2) is 53.2 Å². The second kappa shape index (κ2) is 11.7. The Labute approximate surface area is 194 Å². The van der Waals surface area contributed by atoms with Crippen molar-refractivity contribution in [1.29, 1.82) is 0 Å². The molecule has 1 aromatic carbocycles. The highest BCUT2D eigenvalue weighted by molar-refractivity contribution is 7.89. The van der Waals surface area contributed by atoms with Crippen LogP contribution in [-0.4, -0.2) is 47.6 Å². The molecule has 0 atom stereocenters. The molecule has 0 saturated heterocycles. The standard InChI is InChI=1S/C23H31N5O4S/c1-24-19-9-13-21(14-10-19)33(31,32)28(16-6-4-2-3-5-7-23(29)27-30)20-11-8-18-17-25-26-22(18)15-12-20/h9-15,17,24,30H,2-8,16H2,1H3,(H,25,26)(H,27,29). The van der Waals surface area contributed by atoms with Gasteiger partial charge >= 0.3 is 0 Å². The second-order valence-corrected chi connectivity index (χ2v) is 9.74. The Morgan fingerprint density at radius 1 is 1.12 bits per heavy atom. The fourth-order valence-electron chi connectivity index (χ4n) is 3.70. The number of carbonyl (C=O) groups excluding carboxylic acids is 1. The first-order valence-corrected chi connectivity index (χ1v) is 12.5. The number of carbonyl (C=O) groups is 1. The van der Waals surface area contributed by atoms with Gasteiger partial charge in [0.2, 0.25) is 5.91 Å². The number of nitrogens with one attached hydrogen (secondary N) is 3. The van der Waals surface area contributed by atoms with Crippen LogP contribution in [0.25, 0.3) is 6.08 Å². The summed E-state index contributed by atoms with van der Waals surface area (Å²) in [6, 6.07) is 6.74. The van der Waals surface area contributed by atoms with Gasteiger partial charge in [-0.15, -0.1) is 0 Å². The molecule has 1 amide bonds. The molecule has 3 rings (SSSR count). The van der Waals surface area contributed by atoms with Gasteiger partial charge in [0, 0.05) is 37.0 Å². The van der Waals surface area contributed by atoms with E-state index in [1.54, 1.807) is 43.0 Å². The van der Waals surface area contributed by atoms with E-state index >= 15 is 0 Å². The van der Waals surface area contributed by atoms with Crippen molar-refractivity contribution in [2.24, 2.45) is 0 Å². The molecule has 0 spiro atoms. The van der Waals surface area contributed by atoms with Crippen molar-refractivity contribution in [2.75, 3.05) is 18.9 Å². The van der Waals surface area contributed by atoms with Crippen LogP contribution < -0.4 is 10.8 Å². The Kier molecular flexibility index (Phi) is 8.67. The second-order valence-electron chi connectivity index (χ2n) is 7.88. The maximum atomic E-state index is 13.6. The number of sulfonamides is 1. The fourth-order valence-corrected chi connectivity index (χ4v) is 5.22. The molecule has 1 heterocycles. The van der Waals surface area contributed by atoms with E-state index < -0.39 is 10.0 Å². The number of H-pyrrole nitrogens is 1. The normalized spacial score (nSPS) is 13.1. The van der Waals surface area contributed by atoms with Gasteiger partial charge in [-0.25, -0.2) is 13.9 Å². The van der Waals surface area contributed by atoms with Crippen LogP contribution in [0.2, 0.25) is 0 Å². The Balaban J connectivity index is 1.71. The Morgan fingerprint density at radius 2 is 1.85 bits per heavy atom. The van der Waals surface area contributed by atoms with Gasteiger partial charge < -0.3 is 5.32 Å². The van der Waals surface area contributed by atoms with E-state index in [0.29, 0.717) is 31.5 Å². The zero-order valence-electron chi connectivity index (χ0n) is 18.8. The minimum absolute atomic E-state index is 0.246. The monoisotopic (exact) mass is 473 g/mol. The highest BCUT2D eigenvalue weighted by Crippen LogP contribution is 2.26. The third-order valence-electron chi connectivity index (χ3n) is 5.61. The molecule has 1 aromatic heterocycles. The van der Waals surface area contributed by atoms with Crippen LogP contribution in [0.5, 0.6) is 0 Å². The molecule has 1 aliphatic carbocycles. The van der Waals surface area contributed by atoms with Gasteiger partial charge in [0.05, 0.1) is 16.8 Å². The first-order chi connectivity index (χ1) is 16.0. The lowest BCUT2D eigenvalue weighted by Gasteiger charge is -2.25. The van der Waals surface area contributed by atoms with Crippen molar-refractivity contribution in [2.45, 2.75) is 49.8 Å². The number of hydroxylamine groups is 1. The lowest BCUT2D eigenvalue weighted by molar-refractivity contribution is -0.129. The van der Waals surface area contributed by atoms with E-state index in [4.69, 9.17) is 5.21 Å². The third-order valence-corrected chi connectivity index (χ3v) is 7.45. The van der Waals surface area contributed by atoms with E-state index in [1.807, 2.05) is 18.2 Å². The van der Waals surface area contributed by atoms with E-state index in [1.165, 1.54) is 4.31 Å². The highest BCUT2D eigenvalue weighted by atomic mass is 32.2. The average molecular weight is 474 g/mol. The molecule has 1 aliphatic rings. The molecule has 0 saturated carbocycles. The summed E-state index contributed by atoms with van der Waals surface area (Å²) in [7, 11) is -1.96. The predicted octanol–water partition coefficient (Wildman–Crippen LogP) is 3.44. The molecule has 0 bridgehead atoms. The topological polar surface area (TPSA) is 127 Å². The number of allylic oxidation sites excluding steroid dienone is 2. The fraction of sp³-hybridized carbons (Fsp3) is 0.391. The van der Waals surface area contributed by atoms with E-state index in [0.717, 1.165) is 36.2 Å². The van der Waals surface area contributed by atoms with Gasteiger partial charge in [-0.3, -0.25) is 19.4 Å². The molecule has 0 aliphatic heterocycles. The minimum Gasteiger partial charge on any atom is -0.388 e. The van der Waals surface area contributed by atoms with E-state index in [2.05, 4.69) is 15.5 Å². The Bertz CT molecular complexity index is 1090. The summed E-state index contributed by atoms with van der Waals surface area (Å²) in [4.78, 5) is 11.3. The molecule has 0 radical (unpaired) electrons. The summed E-state index contributed by atoms with van der Waals surface area (Å²) in [5, 5.41) is 18.5. The zero-order chi connectivity index (χ0) is 23.7. The summed E-state index contributed by atoms with van der Waals surface area (Å²) in [6.45, 7) is 0.357. The van der Waals surface area contributed by atoms with Crippen molar-refractivity contribution in [3.05, 3.63) is 59.6 Å². The molecule has 0 unspecified atom stereocenters. The summed E-state index contributed by atoms with van der Waals surface area (Å²) in [5.74, 6) is -0.385. The van der Waals surface area contributed by atoms with E-state index in [9.17, 15) is 13.2 Å². The largest absolute Gasteiger partial charge is 0.388 e. The summed E-state index contributed by atoms with van der Waals surface area (Å²) in [6.07, 6.45) is 12.2. The van der Waals surface area contributed by atoms with Crippen LogP contribution in [0.3, 0.4) is 0 Å². The molecular formula is C23H31N5O4S.